The molecule has 5 nitrogen and oxygen atoms in total. The number of nitrogens with zero attached hydrogens (tertiary/aromatic N) is 1. The standard InChI is InChI=1S/C20H25N3O2S/c1-3-15-6-8-16(9-7-15)17-13-21-10-11-23(17)20(25)14(2)22-19(24)18-5-4-12-26-18/h4-9,12,14,17,21H,3,10-11,13H2,1-2H3,(H,22,24). The van der Waals surface area contributed by atoms with E-state index < -0.39 is 6.04 Å². The van der Waals surface area contributed by atoms with Gasteiger partial charge in [0.1, 0.15) is 6.04 Å². The van der Waals surface area contributed by atoms with Gasteiger partial charge in [0.2, 0.25) is 5.91 Å². The van der Waals surface area contributed by atoms with E-state index >= 15 is 0 Å². The number of hydrogen-bond donors (Lipinski definition) is 2. The number of thiophene rings is 1. The van der Waals surface area contributed by atoms with Crippen LogP contribution in [0.3, 0.4) is 0 Å². The topological polar surface area (TPSA) is 61.4 Å². The van der Waals surface area contributed by atoms with E-state index in [1.807, 2.05) is 16.3 Å². The minimum atomic E-state index is -0.555. The Bertz CT molecular complexity index is 743. The van der Waals surface area contributed by atoms with E-state index in [2.05, 4.69) is 41.8 Å². The summed E-state index contributed by atoms with van der Waals surface area (Å²) in [6.45, 7) is 6.01. The maximum Gasteiger partial charge on any atom is 0.261 e. The third kappa shape index (κ3) is 4.14. The van der Waals surface area contributed by atoms with E-state index in [0.717, 1.165) is 25.1 Å². The highest BCUT2D eigenvalue weighted by atomic mass is 32.1. The molecule has 0 saturated carbocycles. The molecule has 1 fully saturated rings. The lowest BCUT2D eigenvalue weighted by molar-refractivity contribution is -0.136. The second-order valence-electron chi connectivity index (χ2n) is 6.52. The molecule has 2 heterocycles. The van der Waals surface area contributed by atoms with E-state index in [1.165, 1.54) is 16.9 Å². The molecule has 2 aromatic rings. The average Bonchev–Trinajstić information content (AvgIpc) is 3.22. The van der Waals surface area contributed by atoms with Crippen molar-refractivity contribution < 1.29 is 9.59 Å². The predicted octanol–water partition coefficient (Wildman–Crippen LogP) is 2.60. The van der Waals surface area contributed by atoms with Crippen LogP contribution in [0.2, 0.25) is 0 Å². The summed E-state index contributed by atoms with van der Waals surface area (Å²) in [5, 5.41) is 8.05. The largest absolute Gasteiger partial charge is 0.340 e. The van der Waals surface area contributed by atoms with Crippen molar-refractivity contribution in [2.45, 2.75) is 32.4 Å². The lowest BCUT2D eigenvalue weighted by atomic mass is 10.00. The highest BCUT2D eigenvalue weighted by Crippen LogP contribution is 2.23. The van der Waals surface area contributed by atoms with Crippen molar-refractivity contribution in [3.8, 4) is 0 Å². The minimum absolute atomic E-state index is 0.0109. The van der Waals surface area contributed by atoms with Crippen molar-refractivity contribution in [3.05, 3.63) is 57.8 Å². The van der Waals surface area contributed by atoms with Crippen molar-refractivity contribution in [1.29, 1.82) is 0 Å². The van der Waals surface area contributed by atoms with E-state index in [-0.39, 0.29) is 17.9 Å². The number of amides is 2. The predicted molar refractivity (Wildman–Crippen MR) is 104 cm³/mol. The van der Waals surface area contributed by atoms with Gasteiger partial charge in [0.15, 0.2) is 0 Å². The molecule has 0 aliphatic carbocycles. The molecule has 1 aliphatic heterocycles. The Hall–Kier alpha value is -2.18. The normalized spacial score (nSPS) is 18.4. The van der Waals surface area contributed by atoms with E-state index in [9.17, 15) is 9.59 Å². The first-order valence-corrected chi connectivity index (χ1v) is 9.92. The average molecular weight is 372 g/mol. The fraction of sp³-hybridized carbons (Fsp3) is 0.400. The Balaban J connectivity index is 1.71. The van der Waals surface area contributed by atoms with Gasteiger partial charge >= 0.3 is 0 Å². The summed E-state index contributed by atoms with van der Waals surface area (Å²) in [6.07, 6.45) is 0.998. The highest BCUT2D eigenvalue weighted by molar-refractivity contribution is 7.12. The monoisotopic (exact) mass is 371 g/mol. The molecular formula is C20H25N3O2S. The zero-order chi connectivity index (χ0) is 18.5. The van der Waals surface area contributed by atoms with Gasteiger partial charge in [-0.15, -0.1) is 11.3 Å². The van der Waals surface area contributed by atoms with Gasteiger partial charge < -0.3 is 15.5 Å². The van der Waals surface area contributed by atoms with Crippen LogP contribution < -0.4 is 10.6 Å². The van der Waals surface area contributed by atoms with Gasteiger partial charge in [-0.05, 0) is 35.9 Å². The summed E-state index contributed by atoms with van der Waals surface area (Å²) in [7, 11) is 0. The first kappa shape index (κ1) is 18.6. The Morgan fingerprint density at radius 1 is 1.31 bits per heavy atom. The van der Waals surface area contributed by atoms with Gasteiger partial charge in [-0.3, -0.25) is 9.59 Å². The summed E-state index contributed by atoms with van der Waals surface area (Å²) in [5.74, 6) is -0.235. The second kappa shape index (κ2) is 8.47. The van der Waals surface area contributed by atoms with E-state index in [1.54, 1.807) is 13.0 Å². The van der Waals surface area contributed by atoms with Gasteiger partial charge in [-0.1, -0.05) is 37.3 Å². The number of carbonyl (C=O) groups is 2. The van der Waals surface area contributed by atoms with Gasteiger partial charge in [-0.25, -0.2) is 0 Å². The molecule has 1 aromatic heterocycles. The van der Waals surface area contributed by atoms with Crippen LogP contribution in [0.1, 0.15) is 40.7 Å². The van der Waals surface area contributed by atoms with E-state index in [0.29, 0.717) is 11.4 Å². The van der Waals surface area contributed by atoms with Crippen molar-refractivity contribution in [1.82, 2.24) is 15.5 Å². The summed E-state index contributed by atoms with van der Waals surface area (Å²) in [6, 6.07) is 11.5. The highest BCUT2D eigenvalue weighted by Gasteiger charge is 2.31. The number of nitrogens with one attached hydrogen (secondary N) is 2. The zero-order valence-corrected chi connectivity index (χ0v) is 16.0. The molecule has 0 spiro atoms. The number of piperazine rings is 1. The third-order valence-corrected chi connectivity index (χ3v) is 5.63. The molecule has 6 heteroatoms. The molecule has 1 aromatic carbocycles. The Labute approximate surface area is 158 Å². The van der Waals surface area contributed by atoms with Crippen LogP contribution in [-0.4, -0.2) is 42.4 Å². The third-order valence-electron chi connectivity index (χ3n) is 4.76. The van der Waals surface area contributed by atoms with Crippen molar-refractivity contribution >= 4 is 23.2 Å². The molecule has 1 saturated heterocycles. The maximum atomic E-state index is 13.0. The van der Waals surface area contributed by atoms with Crippen LogP contribution in [0, 0.1) is 0 Å². The van der Waals surface area contributed by atoms with Gasteiger partial charge in [0, 0.05) is 19.6 Å². The Kier molecular flexibility index (Phi) is 6.06. The molecular weight excluding hydrogens is 346 g/mol. The number of rotatable bonds is 5. The summed E-state index contributed by atoms with van der Waals surface area (Å²) < 4.78 is 0. The lowest BCUT2D eigenvalue weighted by Gasteiger charge is -2.38. The van der Waals surface area contributed by atoms with Gasteiger partial charge in [0.25, 0.3) is 5.91 Å². The molecule has 2 amide bonds. The molecule has 2 N–H and O–H groups in total. The molecule has 2 atom stereocenters. The summed E-state index contributed by atoms with van der Waals surface area (Å²) in [5.41, 5.74) is 2.41. The van der Waals surface area contributed by atoms with Crippen LogP contribution >= 0.6 is 11.3 Å². The number of hydrogen-bond acceptors (Lipinski definition) is 4. The van der Waals surface area contributed by atoms with Gasteiger partial charge in [-0.2, -0.15) is 0 Å². The molecule has 3 rings (SSSR count). The number of aryl methyl sites for hydroxylation is 1. The zero-order valence-electron chi connectivity index (χ0n) is 15.2. The SMILES string of the molecule is CCc1ccc(C2CNCCN2C(=O)C(C)NC(=O)c2cccs2)cc1. The fourth-order valence-electron chi connectivity index (χ4n) is 3.23. The van der Waals surface area contributed by atoms with Crippen molar-refractivity contribution in [2.75, 3.05) is 19.6 Å². The Morgan fingerprint density at radius 2 is 2.08 bits per heavy atom. The number of benzene rings is 1. The minimum Gasteiger partial charge on any atom is -0.340 e. The Morgan fingerprint density at radius 3 is 2.73 bits per heavy atom. The second-order valence-corrected chi connectivity index (χ2v) is 7.47. The first-order chi connectivity index (χ1) is 12.6. The maximum absolute atomic E-state index is 13.0. The van der Waals surface area contributed by atoms with E-state index in [4.69, 9.17) is 0 Å². The molecule has 138 valence electrons. The van der Waals surface area contributed by atoms with Crippen LogP contribution in [-0.2, 0) is 11.2 Å². The summed E-state index contributed by atoms with van der Waals surface area (Å²) >= 11 is 1.37. The molecule has 0 radical (unpaired) electrons. The lowest BCUT2D eigenvalue weighted by Crippen LogP contribution is -2.54. The first-order valence-electron chi connectivity index (χ1n) is 9.04. The number of carbonyl (C=O) groups excluding carboxylic acids is 2. The fourth-order valence-corrected chi connectivity index (χ4v) is 3.85. The molecule has 2 unspecified atom stereocenters. The van der Waals surface area contributed by atoms with Gasteiger partial charge in [0.05, 0.1) is 10.9 Å². The molecule has 1 aliphatic rings. The van der Waals surface area contributed by atoms with Crippen molar-refractivity contribution in [3.63, 3.8) is 0 Å². The summed E-state index contributed by atoms with van der Waals surface area (Å²) in [4.78, 5) is 27.7. The molecule has 26 heavy (non-hydrogen) atoms. The van der Waals surface area contributed by atoms with Crippen LogP contribution in [0.5, 0.6) is 0 Å². The van der Waals surface area contributed by atoms with Crippen LogP contribution in [0.15, 0.2) is 41.8 Å². The molecule has 0 bridgehead atoms. The smallest absolute Gasteiger partial charge is 0.261 e. The quantitative estimate of drug-likeness (QED) is 0.849. The van der Waals surface area contributed by atoms with Crippen molar-refractivity contribution in [2.24, 2.45) is 0 Å². The van der Waals surface area contributed by atoms with Crippen LogP contribution in [0.25, 0.3) is 0 Å². The van der Waals surface area contributed by atoms with Crippen LogP contribution in [0.4, 0.5) is 0 Å².